The zero-order valence-corrected chi connectivity index (χ0v) is 9.92. The number of hydrogen-bond acceptors (Lipinski definition) is 2. The van der Waals surface area contributed by atoms with Gasteiger partial charge in [0.2, 0.25) is 0 Å². The number of carboxylic acids is 1. The summed E-state index contributed by atoms with van der Waals surface area (Å²) in [5.74, 6) is -0.887. The molecular weight excluding hydrogens is 226 g/mol. The van der Waals surface area contributed by atoms with Gasteiger partial charge in [-0.05, 0) is 37.5 Å². The normalized spacial score (nSPS) is 15.5. The van der Waals surface area contributed by atoms with Crippen molar-refractivity contribution in [1.82, 2.24) is 0 Å². The van der Waals surface area contributed by atoms with Gasteiger partial charge in [0.05, 0.1) is 11.3 Å². The molecule has 1 aromatic rings. The first-order valence-electron chi connectivity index (χ1n) is 5.38. The first-order valence-corrected chi connectivity index (χ1v) is 5.76. The molecule has 1 aliphatic rings. The molecule has 16 heavy (non-hydrogen) atoms. The lowest BCUT2D eigenvalue weighted by atomic mass is 10.1. The maximum Gasteiger partial charge on any atom is 0.337 e. The van der Waals surface area contributed by atoms with E-state index in [4.69, 9.17) is 11.6 Å². The van der Waals surface area contributed by atoms with Crippen LogP contribution in [0.1, 0.15) is 28.8 Å². The molecule has 1 N–H and O–H groups in total. The van der Waals surface area contributed by atoms with E-state index in [9.17, 15) is 9.90 Å². The Kier molecular flexibility index (Phi) is 3.06. The molecule has 2 rings (SSSR count). The number of carbonyl (C=O) groups is 1. The minimum absolute atomic E-state index is 0.351. The number of anilines is 1. The minimum Gasteiger partial charge on any atom is -0.478 e. The van der Waals surface area contributed by atoms with Gasteiger partial charge in [-0.3, -0.25) is 0 Å². The highest BCUT2D eigenvalue weighted by molar-refractivity contribution is 6.32. The van der Waals surface area contributed by atoms with Crippen LogP contribution in [-0.2, 0) is 0 Å². The lowest BCUT2D eigenvalue weighted by molar-refractivity contribution is 0.0697. The van der Waals surface area contributed by atoms with Crippen LogP contribution >= 0.6 is 11.6 Å². The van der Waals surface area contributed by atoms with Crippen LogP contribution in [-0.4, -0.2) is 24.2 Å². The van der Waals surface area contributed by atoms with Crippen molar-refractivity contribution in [2.75, 3.05) is 18.0 Å². The van der Waals surface area contributed by atoms with Gasteiger partial charge in [-0.25, -0.2) is 4.79 Å². The Morgan fingerprint density at radius 3 is 2.56 bits per heavy atom. The molecule has 86 valence electrons. The topological polar surface area (TPSA) is 40.5 Å². The molecule has 0 aromatic heterocycles. The van der Waals surface area contributed by atoms with E-state index in [1.807, 2.05) is 6.92 Å². The average molecular weight is 240 g/mol. The van der Waals surface area contributed by atoms with E-state index in [2.05, 4.69) is 4.90 Å². The van der Waals surface area contributed by atoms with Gasteiger partial charge in [-0.1, -0.05) is 11.6 Å². The highest BCUT2D eigenvalue weighted by Gasteiger charge is 2.22. The van der Waals surface area contributed by atoms with Crippen LogP contribution in [0.3, 0.4) is 0 Å². The molecule has 0 spiro atoms. The quantitative estimate of drug-likeness (QED) is 0.863. The maximum absolute atomic E-state index is 11.2. The van der Waals surface area contributed by atoms with Crippen LogP contribution in [0.4, 0.5) is 5.69 Å². The summed E-state index contributed by atoms with van der Waals surface area (Å²) >= 11 is 6.05. The third-order valence-corrected chi connectivity index (χ3v) is 3.43. The van der Waals surface area contributed by atoms with Gasteiger partial charge in [0.15, 0.2) is 0 Å². The molecule has 1 aromatic carbocycles. The van der Waals surface area contributed by atoms with Gasteiger partial charge in [0, 0.05) is 18.1 Å². The van der Waals surface area contributed by atoms with Gasteiger partial charge in [0.1, 0.15) is 0 Å². The molecule has 4 heteroatoms. The summed E-state index contributed by atoms with van der Waals surface area (Å²) in [6.45, 7) is 3.71. The van der Waals surface area contributed by atoms with Gasteiger partial charge < -0.3 is 10.0 Å². The SMILES string of the molecule is Cc1c(Cl)ccc(C(=O)O)c1N1CCCC1. The molecule has 1 heterocycles. The summed E-state index contributed by atoms with van der Waals surface area (Å²) in [5, 5.41) is 9.80. The van der Waals surface area contributed by atoms with Crippen LogP contribution in [0, 0.1) is 6.92 Å². The number of hydrogen-bond donors (Lipinski definition) is 1. The molecule has 0 unspecified atom stereocenters. The van der Waals surface area contributed by atoms with Crippen molar-refractivity contribution in [2.24, 2.45) is 0 Å². The van der Waals surface area contributed by atoms with Crippen molar-refractivity contribution < 1.29 is 9.90 Å². The van der Waals surface area contributed by atoms with Crippen molar-refractivity contribution in [2.45, 2.75) is 19.8 Å². The number of nitrogens with zero attached hydrogens (tertiary/aromatic N) is 1. The number of rotatable bonds is 2. The summed E-state index contributed by atoms with van der Waals surface area (Å²) < 4.78 is 0. The van der Waals surface area contributed by atoms with Crippen molar-refractivity contribution in [1.29, 1.82) is 0 Å². The number of carboxylic acid groups (broad SMARTS) is 1. The fourth-order valence-corrected chi connectivity index (χ4v) is 2.35. The molecule has 0 aliphatic carbocycles. The van der Waals surface area contributed by atoms with E-state index in [-0.39, 0.29) is 0 Å². The lowest BCUT2D eigenvalue weighted by Crippen LogP contribution is -2.22. The van der Waals surface area contributed by atoms with Gasteiger partial charge >= 0.3 is 5.97 Å². The molecule has 0 saturated carbocycles. The van der Waals surface area contributed by atoms with E-state index in [0.717, 1.165) is 37.2 Å². The maximum atomic E-state index is 11.2. The Hall–Kier alpha value is -1.22. The first kappa shape index (κ1) is 11.3. The van der Waals surface area contributed by atoms with Gasteiger partial charge in [0.25, 0.3) is 0 Å². The predicted molar refractivity (Wildman–Crippen MR) is 64.6 cm³/mol. The molecule has 0 atom stereocenters. The fraction of sp³-hybridized carbons (Fsp3) is 0.417. The Morgan fingerprint density at radius 2 is 2.00 bits per heavy atom. The Bertz CT molecular complexity index is 425. The van der Waals surface area contributed by atoms with E-state index < -0.39 is 5.97 Å². The van der Waals surface area contributed by atoms with E-state index >= 15 is 0 Å². The van der Waals surface area contributed by atoms with Crippen molar-refractivity contribution in [3.8, 4) is 0 Å². The number of halogens is 1. The molecule has 1 fully saturated rings. The first-order chi connectivity index (χ1) is 7.61. The second-order valence-electron chi connectivity index (χ2n) is 4.07. The second kappa shape index (κ2) is 4.34. The molecular formula is C12H14ClNO2. The fourth-order valence-electron chi connectivity index (χ4n) is 2.20. The molecule has 1 saturated heterocycles. The highest BCUT2D eigenvalue weighted by atomic mass is 35.5. The molecule has 0 bridgehead atoms. The van der Waals surface area contributed by atoms with E-state index in [1.54, 1.807) is 12.1 Å². The van der Waals surface area contributed by atoms with Gasteiger partial charge in [-0.15, -0.1) is 0 Å². The van der Waals surface area contributed by atoms with Crippen molar-refractivity contribution >= 4 is 23.3 Å². The van der Waals surface area contributed by atoms with E-state index in [0.29, 0.717) is 10.6 Å². The largest absolute Gasteiger partial charge is 0.478 e. The third kappa shape index (κ3) is 1.87. The van der Waals surface area contributed by atoms with Crippen LogP contribution in [0.25, 0.3) is 0 Å². The Labute approximate surface area is 99.6 Å². The summed E-state index contributed by atoms with van der Waals surface area (Å²) in [6, 6.07) is 3.24. The summed E-state index contributed by atoms with van der Waals surface area (Å²) in [7, 11) is 0. The highest BCUT2D eigenvalue weighted by Crippen LogP contribution is 2.32. The van der Waals surface area contributed by atoms with Crippen LogP contribution < -0.4 is 4.90 Å². The number of aromatic carboxylic acids is 1. The minimum atomic E-state index is -0.887. The molecule has 0 radical (unpaired) electrons. The number of benzene rings is 1. The standard InChI is InChI=1S/C12H14ClNO2/c1-8-10(13)5-4-9(12(15)16)11(8)14-6-2-3-7-14/h4-5H,2-3,6-7H2,1H3,(H,15,16). The zero-order chi connectivity index (χ0) is 11.7. The second-order valence-corrected chi connectivity index (χ2v) is 4.48. The van der Waals surface area contributed by atoms with Crippen molar-refractivity contribution in [3.05, 3.63) is 28.3 Å². The predicted octanol–water partition coefficient (Wildman–Crippen LogP) is 2.95. The smallest absolute Gasteiger partial charge is 0.337 e. The summed E-state index contributed by atoms with van der Waals surface area (Å²) in [6.07, 6.45) is 2.23. The van der Waals surface area contributed by atoms with Gasteiger partial charge in [-0.2, -0.15) is 0 Å². The third-order valence-electron chi connectivity index (χ3n) is 3.02. The Morgan fingerprint density at radius 1 is 1.38 bits per heavy atom. The van der Waals surface area contributed by atoms with Crippen molar-refractivity contribution in [3.63, 3.8) is 0 Å². The molecule has 0 amide bonds. The summed E-state index contributed by atoms with van der Waals surface area (Å²) in [5.41, 5.74) is 2.00. The molecule has 1 aliphatic heterocycles. The lowest BCUT2D eigenvalue weighted by Gasteiger charge is -2.22. The van der Waals surface area contributed by atoms with Crippen LogP contribution in [0.15, 0.2) is 12.1 Å². The summed E-state index contributed by atoms with van der Waals surface area (Å²) in [4.78, 5) is 13.3. The van der Waals surface area contributed by atoms with Crippen LogP contribution in [0.2, 0.25) is 5.02 Å². The molecule has 3 nitrogen and oxygen atoms in total. The Balaban J connectivity index is 2.53. The van der Waals surface area contributed by atoms with E-state index in [1.165, 1.54) is 0 Å². The zero-order valence-electron chi connectivity index (χ0n) is 9.16. The monoisotopic (exact) mass is 239 g/mol. The average Bonchev–Trinajstić information content (AvgIpc) is 2.74. The van der Waals surface area contributed by atoms with Crippen LogP contribution in [0.5, 0.6) is 0 Å².